The summed E-state index contributed by atoms with van der Waals surface area (Å²) >= 11 is 1.61. The molecule has 1 aromatic carbocycles. The van der Waals surface area contributed by atoms with Crippen LogP contribution in [-0.2, 0) is 6.54 Å². The van der Waals surface area contributed by atoms with E-state index in [1.807, 2.05) is 18.2 Å². The van der Waals surface area contributed by atoms with Gasteiger partial charge in [-0.15, -0.1) is 11.3 Å². The lowest BCUT2D eigenvalue weighted by Crippen LogP contribution is -2.21. The molecule has 0 saturated carbocycles. The molecule has 0 amide bonds. The highest BCUT2D eigenvalue weighted by Crippen LogP contribution is 2.35. The van der Waals surface area contributed by atoms with Crippen LogP contribution in [0.15, 0.2) is 23.6 Å². The van der Waals surface area contributed by atoms with Crippen LogP contribution in [0, 0.1) is 0 Å². The normalized spacial score (nSPS) is 18.6. The molecule has 1 aliphatic rings. The Bertz CT molecular complexity index is 644. The molecule has 1 saturated heterocycles. The van der Waals surface area contributed by atoms with E-state index in [2.05, 4.69) is 10.3 Å². The summed E-state index contributed by atoms with van der Waals surface area (Å²) < 4.78 is 10.7. The minimum atomic E-state index is -0.195. The summed E-state index contributed by atoms with van der Waals surface area (Å²) in [4.78, 5) is 6.94. The average molecular weight is 320 g/mol. The van der Waals surface area contributed by atoms with Crippen LogP contribution in [-0.4, -0.2) is 48.4 Å². The first kappa shape index (κ1) is 15.3. The van der Waals surface area contributed by atoms with E-state index in [-0.39, 0.29) is 6.10 Å². The number of benzene rings is 1. The van der Waals surface area contributed by atoms with Crippen molar-refractivity contribution < 1.29 is 14.6 Å². The third-order valence-corrected chi connectivity index (χ3v) is 4.75. The van der Waals surface area contributed by atoms with Crippen molar-refractivity contribution in [3.8, 4) is 22.1 Å². The molecule has 1 aliphatic heterocycles. The second-order valence-corrected chi connectivity index (χ2v) is 6.25. The first-order chi connectivity index (χ1) is 10.7. The van der Waals surface area contributed by atoms with Crippen molar-refractivity contribution in [2.45, 2.75) is 19.1 Å². The average Bonchev–Trinajstić information content (AvgIpc) is 3.16. The number of aromatic nitrogens is 1. The Balaban J connectivity index is 1.78. The Morgan fingerprint density at radius 3 is 2.91 bits per heavy atom. The molecule has 1 fully saturated rings. The molecule has 0 unspecified atom stereocenters. The summed E-state index contributed by atoms with van der Waals surface area (Å²) in [6.07, 6.45) is 0.656. The van der Waals surface area contributed by atoms with E-state index in [9.17, 15) is 5.11 Å². The fourth-order valence-corrected chi connectivity index (χ4v) is 3.50. The molecule has 2 aromatic rings. The van der Waals surface area contributed by atoms with Gasteiger partial charge in [-0.2, -0.15) is 0 Å². The number of thiazole rings is 1. The van der Waals surface area contributed by atoms with Crippen LogP contribution in [0.3, 0.4) is 0 Å². The van der Waals surface area contributed by atoms with Crippen LogP contribution < -0.4 is 9.47 Å². The maximum absolute atomic E-state index is 9.59. The van der Waals surface area contributed by atoms with E-state index in [0.717, 1.165) is 53.8 Å². The van der Waals surface area contributed by atoms with E-state index in [1.165, 1.54) is 0 Å². The number of rotatable bonds is 5. The second kappa shape index (κ2) is 6.64. The maximum atomic E-state index is 9.59. The summed E-state index contributed by atoms with van der Waals surface area (Å²) in [5, 5.41) is 12.6. The van der Waals surface area contributed by atoms with Crippen molar-refractivity contribution in [3.63, 3.8) is 0 Å². The minimum absolute atomic E-state index is 0.195. The van der Waals surface area contributed by atoms with Gasteiger partial charge in [0.15, 0.2) is 0 Å². The van der Waals surface area contributed by atoms with E-state index < -0.39 is 0 Å². The van der Waals surface area contributed by atoms with Crippen LogP contribution in [0.2, 0.25) is 0 Å². The molecule has 5 nitrogen and oxygen atoms in total. The number of likely N-dealkylation sites (tertiary alicyclic amines) is 1. The van der Waals surface area contributed by atoms with E-state index in [1.54, 1.807) is 25.6 Å². The standard InChI is InChI=1S/C16H20N2O3S/c1-20-13-3-4-14(15(7-13)21-2)16-17-11(10-22-16)8-18-6-5-12(19)9-18/h3-4,7,10,12,19H,5-6,8-9H2,1-2H3/t12-/m0/s1. The summed E-state index contributed by atoms with van der Waals surface area (Å²) in [5.41, 5.74) is 2.01. The van der Waals surface area contributed by atoms with Crippen molar-refractivity contribution in [1.82, 2.24) is 9.88 Å². The maximum Gasteiger partial charge on any atom is 0.132 e. The lowest BCUT2D eigenvalue weighted by Gasteiger charge is -2.12. The lowest BCUT2D eigenvalue weighted by molar-refractivity contribution is 0.174. The van der Waals surface area contributed by atoms with Gasteiger partial charge in [0.25, 0.3) is 0 Å². The van der Waals surface area contributed by atoms with Crippen LogP contribution in [0.5, 0.6) is 11.5 Å². The number of aliphatic hydroxyl groups excluding tert-OH is 1. The molecule has 6 heteroatoms. The van der Waals surface area contributed by atoms with Crippen molar-refractivity contribution in [2.24, 2.45) is 0 Å². The Hall–Kier alpha value is -1.63. The Morgan fingerprint density at radius 1 is 1.36 bits per heavy atom. The molecule has 0 aliphatic carbocycles. The van der Waals surface area contributed by atoms with Gasteiger partial charge in [0.05, 0.1) is 31.6 Å². The Kier molecular flexibility index (Phi) is 4.61. The highest BCUT2D eigenvalue weighted by molar-refractivity contribution is 7.13. The van der Waals surface area contributed by atoms with Gasteiger partial charge < -0.3 is 14.6 Å². The fraction of sp³-hybridized carbons (Fsp3) is 0.438. The quantitative estimate of drug-likeness (QED) is 0.917. The highest BCUT2D eigenvalue weighted by Gasteiger charge is 2.21. The van der Waals surface area contributed by atoms with E-state index in [0.29, 0.717) is 0 Å². The van der Waals surface area contributed by atoms with Gasteiger partial charge in [0.2, 0.25) is 0 Å². The van der Waals surface area contributed by atoms with Crippen molar-refractivity contribution >= 4 is 11.3 Å². The molecule has 0 radical (unpaired) electrons. The molecular weight excluding hydrogens is 300 g/mol. The van der Waals surface area contributed by atoms with Gasteiger partial charge in [-0.3, -0.25) is 4.90 Å². The molecule has 1 atom stereocenters. The predicted molar refractivity (Wildman–Crippen MR) is 86.6 cm³/mol. The van der Waals surface area contributed by atoms with Gasteiger partial charge in [-0.05, 0) is 18.6 Å². The Labute approximate surface area is 134 Å². The van der Waals surface area contributed by atoms with Crippen molar-refractivity contribution in [1.29, 1.82) is 0 Å². The SMILES string of the molecule is COc1ccc(-c2nc(CN3CC[C@H](O)C3)cs2)c(OC)c1. The number of hydrogen-bond donors (Lipinski definition) is 1. The molecular formula is C16H20N2O3S. The number of hydrogen-bond acceptors (Lipinski definition) is 6. The van der Waals surface area contributed by atoms with Crippen LogP contribution in [0.4, 0.5) is 0 Å². The minimum Gasteiger partial charge on any atom is -0.497 e. The smallest absolute Gasteiger partial charge is 0.132 e. The lowest BCUT2D eigenvalue weighted by atomic mass is 10.2. The molecule has 22 heavy (non-hydrogen) atoms. The molecule has 2 heterocycles. The van der Waals surface area contributed by atoms with Crippen molar-refractivity contribution in [3.05, 3.63) is 29.3 Å². The zero-order chi connectivity index (χ0) is 15.5. The zero-order valence-corrected chi connectivity index (χ0v) is 13.6. The second-order valence-electron chi connectivity index (χ2n) is 5.39. The molecule has 0 spiro atoms. The Morgan fingerprint density at radius 2 is 2.23 bits per heavy atom. The number of nitrogens with zero attached hydrogens (tertiary/aromatic N) is 2. The molecule has 1 aromatic heterocycles. The summed E-state index contributed by atoms with van der Waals surface area (Å²) in [6, 6.07) is 5.75. The number of ether oxygens (including phenoxy) is 2. The largest absolute Gasteiger partial charge is 0.497 e. The number of aliphatic hydroxyl groups is 1. The summed E-state index contributed by atoms with van der Waals surface area (Å²) in [5.74, 6) is 1.53. The first-order valence-corrected chi connectivity index (χ1v) is 8.15. The monoisotopic (exact) mass is 320 g/mol. The summed E-state index contributed by atoms with van der Waals surface area (Å²) in [7, 11) is 3.29. The van der Waals surface area contributed by atoms with Gasteiger partial charge in [0.1, 0.15) is 16.5 Å². The molecule has 0 bridgehead atoms. The first-order valence-electron chi connectivity index (χ1n) is 7.27. The number of methoxy groups -OCH3 is 2. The third kappa shape index (κ3) is 3.24. The van der Waals surface area contributed by atoms with Gasteiger partial charge >= 0.3 is 0 Å². The van der Waals surface area contributed by atoms with Crippen LogP contribution >= 0.6 is 11.3 Å². The van der Waals surface area contributed by atoms with Gasteiger partial charge in [0, 0.05) is 31.1 Å². The van der Waals surface area contributed by atoms with E-state index in [4.69, 9.17) is 14.5 Å². The van der Waals surface area contributed by atoms with Crippen LogP contribution in [0.1, 0.15) is 12.1 Å². The third-order valence-electron chi connectivity index (χ3n) is 3.82. The number of β-amino-alcohol motifs (C(OH)–C–C–N with tert-alkyl or cyclic N) is 1. The zero-order valence-electron chi connectivity index (χ0n) is 12.8. The molecule has 1 N–H and O–H groups in total. The topological polar surface area (TPSA) is 54.8 Å². The summed E-state index contributed by atoms with van der Waals surface area (Å²) in [6.45, 7) is 2.45. The van der Waals surface area contributed by atoms with Gasteiger partial charge in [-0.25, -0.2) is 4.98 Å². The highest BCUT2D eigenvalue weighted by atomic mass is 32.1. The van der Waals surface area contributed by atoms with Crippen LogP contribution in [0.25, 0.3) is 10.6 Å². The fourth-order valence-electron chi connectivity index (χ4n) is 2.66. The molecule has 3 rings (SSSR count). The predicted octanol–water partition coefficient (Wildman–Crippen LogP) is 2.39. The van der Waals surface area contributed by atoms with E-state index >= 15 is 0 Å². The van der Waals surface area contributed by atoms with Crippen molar-refractivity contribution in [2.75, 3.05) is 27.3 Å². The molecule has 118 valence electrons. The van der Waals surface area contributed by atoms with Gasteiger partial charge in [-0.1, -0.05) is 0 Å².